The van der Waals surface area contributed by atoms with E-state index in [0.29, 0.717) is 12.2 Å². The molecule has 0 amide bonds. The summed E-state index contributed by atoms with van der Waals surface area (Å²) in [6.07, 6.45) is 1.65. The van der Waals surface area contributed by atoms with Crippen molar-refractivity contribution in [2.24, 2.45) is 10.9 Å². The molecule has 2 aromatic heterocycles. The quantitative estimate of drug-likeness (QED) is 0.370. The second-order valence-corrected chi connectivity index (χ2v) is 5.41. The first-order valence-electron chi connectivity index (χ1n) is 6.41. The molecule has 5 nitrogen and oxygen atoms in total. The van der Waals surface area contributed by atoms with Crippen molar-refractivity contribution in [3.63, 3.8) is 0 Å². The lowest BCUT2D eigenvalue weighted by Gasteiger charge is -2.20. The fourth-order valence-corrected chi connectivity index (χ4v) is 2.73. The minimum atomic E-state index is 0.0489. The Bertz CT molecular complexity index is 568. The van der Waals surface area contributed by atoms with Crippen LogP contribution in [0.5, 0.6) is 0 Å². The first kappa shape index (κ1) is 14.5. The fraction of sp³-hybridized carbons (Fsp3) is 0.286. The Morgan fingerprint density at radius 1 is 1.40 bits per heavy atom. The Morgan fingerprint density at radius 3 is 2.90 bits per heavy atom. The minimum Gasteiger partial charge on any atom is -0.409 e. The summed E-state index contributed by atoms with van der Waals surface area (Å²) in [5, 5.41) is 13.9. The van der Waals surface area contributed by atoms with E-state index in [9.17, 15) is 0 Å². The monoisotopic (exact) mass is 290 g/mol. The maximum Gasteiger partial charge on any atom is 0.189 e. The molecule has 0 fully saturated rings. The zero-order valence-electron chi connectivity index (χ0n) is 11.4. The van der Waals surface area contributed by atoms with Crippen molar-refractivity contribution in [3.05, 3.63) is 52.0 Å². The molecule has 3 N–H and O–H groups in total. The standard InChI is InChI=1S/C14H18N4OS/c1-2-18(10-12-6-4-8-20-12)9-11-5-3-7-16-13(11)14(15)17-19/h3-8,19H,2,9-10H2,1H3,(H2,15,17). The van der Waals surface area contributed by atoms with Gasteiger partial charge in [0.2, 0.25) is 0 Å². The van der Waals surface area contributed by atoms with Crippen LogP contribution in [0.1, 0.15) is 23.1 Å². The second-order valence-electron chi connectivity index (χ2n) is 4.38. The number of rotatable bonds is 6. The van der Waals surface area contributed by atoms with Crippen LogP contribution >= 0.6 is 11.3 Å². The SMILES string of the molecule is CCN(Cc1cccs1)Cc1cccnc1C(N)=NO. The van der Waals surface area contributed by atoms with Crippen LogP contribution in [0.2, 0.25) is 0 Å². The van der Waals surface area contributed by atoms with Gasteiger partial charge in [-0.05, 0) is 29.6 Å². The summed E-state index contributed by atoms with van der Waals surface area (Å²) < 4.78 is 0. The van der Waals surface area contributed by atoms with Gasteiger partial charge < -0.3 is 10.9 Å². The molecule has 0 aliphatic rings. The molecule has 0 saturated carbocycles. The molecule has 106 valence electrons. The predicted molar refractivity (Wildman–Crippen MR) is 80.9 cm³/mol. The number of amidine groups is 1. The highest BCUT2D eigenvalue weighted by atomic mass is 32.1. The van der Waals surface area contributed by atoms with E-state index in [1.807, 2.05) is 12.1 Å². The van der Waals surface area contributed by atoms with Crippen LogP contribution in [-0.2, 0) is 13.1 Å². The molecule has 0 saturated heterocycles. The Kier molecular flexibility index (Phi) is 5.09. The van der Waals surface area contributed by atoms with Crippen LogP contribution in [0.25, 0.3) is 0 Å². The molecule has 2 aromatic rings. The highest BCUT2D eigenvalue weighted by molar-refractivity contribution is 7.09. The fourth-order valence-electron chi connectivity index (χ4n) is 1.99. The third kappa shape index (κ3) is 3.55. The highest BCUT2D eigenvalue weighted by Gasteiger charge is 2.12. The van der Waals surface area contributed by atoms with Crippen molar-refractivity contribution < 1.29 is 5.21 Å². The molecule has 2 heterocycles. The Hall–Kier alpha value is -1.92. The summed E-state index contributed by atoms with van der Waals surface area (Å²) in [4.78, 5) is 7.80. The molecule has 0 aliphatic heterocycles. The van der Waals surface area contributed by atoms with Gasteiger partial charge in [0.05, 0.1) is 0 Å². The van der Waals surface area contributed by atoms with Gasteiger partial charge in [0.1, 0.15) is 5.69 Å². The molecule has 0 radical (unpaired) electrons. The summed E-state index contributed by atoms with van der Waals surface area (Å²) in [6, 6.07) is 8.00. The Morgan fingerprint density at radius 2 is 2.25 bits per heavy atom. The van der Waals surface area contributed by atoms with E-state index in [2.05, 4.69) is 39.5 Å². The number of hydrogen-bond donors (Lipinski definition) is 2. The van der Waals surface area contributed by atoms with Crippen molar-refractivity contribution in [1.29, 1.82) is 0 Å². The van der Waals surface area contributed by atoms with Crippen LogP contribution in [0.3, 0.4) is 0 Å². The van der Waals surface area contributed by atoms with Crippen LogP contribution < -0.4 is 5.73 Å². The van der Waals surface area contributed by atoms with Crippen LogP contribution in [-0.4, -0.2) is 27.5 Å². The molecular weight excluding hydrogens is 272 g/mol. The van der Waals surface area contributed by atoms with Gasteiger partial charge in [0, 0.05) is 24.2 Å². The van der Waals surface area contributed by atoms with Gasteiger partial charge >= 0.3 is 0 Å². The normalized spacial score (nSPS) is 12.0. The van der Waals surface area contributed by atoms with Gasteiger partial charge in [-0.25, -0.2) is 0 Å². The van der Waals surface area contributed by atoms with E-state index < -0.39 is 0 Å². The van der Waals surface area contributed by atoms with E-state index in [1.54, 1.807) is 17.5 Å². The van der Waals surface area contributed by atoms with Crippen LogP contribution in [0, 0.1) is 0 Å². The van der Waals surface area contributed by atoms with Gasteiger partial charge in [-0.3, -0.25) is 9.88 Å². The van der Waals surface area contributed by atoms with E-state index in [0.717, 1.165) is 18.7 Å². The molecule has 0 bridgehead atoms. The molecule has 0 spiro atoms. The molecule has 0 aliphatic carbocycles. The zero-order valence-corrected chi connectivity index (χ0v) is 12.2. The lowest BCUT2D eigenvalue weighted by atomic mass is 10.1. The number of thiophene rings is 1. The van der Waals surface area contributed by atoms with Gasteiger partial charge in [-0.1, -0.05) is 24.2 Å². The number of nitrogens with zero attached hydrogens (tertiary/aromatic N) is 3. The third-order valence-electron chi connectivity index (χ3n) is 3.04. The topological polar surface area (TPSA) is 74.7 Å². The van der Waals surface area contributed by atoms with E-state index in [-0.39, 0.29) is 5.84 Å². The Labute approximate surface area is 122 Å². The summed E-state index contributed by atoms with van der Waals surface area (Å²) in [7, 11) is 0. The van der Waals surface area contributed by atoms with Crippen LogP contribution in [0.15, 0.2) is 41.0 Å². The predicted octanol–water partition coefficient (Wildman–Crippen LogP) is 2.26. The average molecular weight is 290 g/mol. The first-order chi connectivity index (χ1) is 9.74. The number of hydrogen-bond acceptors (Lipinski definition) is 5. The third-order valence-corrected chi connectivity index (χ3v) is 3.90. The molecule has 0 aromatic carbocycles. The molecule has 0 atom stereocenters. The molecule has 0 unspecified atom stereocenters. The van der Waals surface area contributed by atoms with Gasteiger partial charge in [0.25, 0.3) is 0 Å². The number of nitrogens with two attached hydrogens (primary N) is 1. The summed E-state index contributed by atoms with van der Waals surface area (Å²) in [5.41, 5.74) is 7.17. The summed E-state index contributed by atoms with van der Waals surface area (Å²) in [5.74, 6) is 0.0489. The van der Waals surface area contributed by atoms with E-state index in [4.69, 9.17) is 10.9 Å². The van der Waals surface area contributed by atoms with Crippen molar-refractivity contribution >= 4 is 17.2 Å². The van der Waals surface area contributed by atoms with E-state index >= 15 is 0 Å². The first-order valence-corrected chi connectivity index (χ1v) is 7.29. The number of oxime groups is 1. The highest BCUT2D eigenvalue weighted by Crippen LogP contribution is 2.15. The zero-order chi connectivity index (χ0) is 14.4. The maximum absolute atomic E-state index is 8.82. The van der Waals surface area contributed by atoms with E-state index in [1.165, 1.54) is 4.88 Å². The average Bonchev–Trinajstić information content (AvgIpc) is 2.99. The molecular formula is C14H18N4OS. The second kappa shape index (κ2) is 7.02. The lowest BCUT2D eigenvalue weighted by Crippen LogP contribution is -2.25. The largest absolute Gasteiger partial charge is 0.409 e. The Balaban J connectivity index is 2.15. The summed E-state index contributed by atoms with van der Waals surface area (Å²) >= 11 is 1.75. The maximum atomic E-state index is 8.82. The van der Waals surface area contributed by atoms with Crippen molar-refractivity contribution in [2.75, 3.05) is 6.54 Å². The molecule has 6 heteroatoms. The molecule has 2 rings (SSSR count). The minimum absolute atomic E-state index is 0.0489. The lowest BCUT2D eigenvalue weighted by molar-refractivity contribution is 0.273. The molecule has 20 heavy (non-hydrogen) atoms. The van der Waals surface area contributed by atoms with Crippen LogP contribution in [0.4, 0.5) is 0 Å². The van der Waals surface area contributed by atoms with Gasteiger partial charge in [-0.2, -0.15) is 0 Å². The van der Waals surface area contributed by atoms with Crippen molar-refractivity contribution in [3.8, 4) is 0 Å². The number of pyridine rings is 1. The number of aromatic nitrogens is 1. The smallest absolute Gasteiger partial charge is 0.189 e. The van der Waals surface area contributed by atoms with Crippen molar-refractivity contribution in [2.45, 2.75) is 20.0 Å². The summed E-state index contributed by atoms with van der Waals surface area (Å²) in [6.45, 7) is 4.64. The van der Waals surface area contributed by atoms with Crippen molar-refractivity contribution in [1.82, 2.24) is 9.88 Å². The van der Waals surface area contributed by atoms with Gasteiger partial charge in [0.15, 0.2) is 5.84 Å². The van der Waals surface area contributed by atoms with Gasteiger partial charge in [-0.15, -0.1) is 11.3 Å².